The van der Waals surface area contributed by atoms with Crippen LogP contribution in [0.25, 0.3) is 0 Å². The zero-order valence-electron chi connectivity index (χ0n) is 10.4. The SMILES string of the molecule is CN1C(=O)Cc2cc(CCNCC(N)=O)ccc21. The van der Waals surface area contributed by atoms with Crippen molar-refractivity contribution in [2.24, 2.45) is 5.73 Å². The minimum atomic E-state index is -0.351. The van der Waals surface area contributed by atoms with E-state index in [1.165, 1.54) is 0 Å². The first kappa shape index (κ1) is 12.6. The van der Waals surface area contributed by atoms with Gasteiger partial charge in [-0.3, -0.25) is 9.59 Å². The standard InChI is InChI=1S/C13H17N3O2/c1-16-11-3-2-9(4-5-15-8-12(14)17)6-10(11)7-13(16)18/h2-3,6,15H,4-5,7-8H2,1H3,(H2,14,17). The molecule has 0 bridgehead atoms. The topological polar surface area (TPSA) is 75.4 Å². The van der Waals surface area contributed by atoms with Gasteiger partial charge in [0, 0.05) is 12.7 Å². The Morgan fingerprint density at radius 2 is 2.28 bits per heavy atom. The fraction of sp³-hybridized carbons (Fsp3) is 0.385. The predicted octanol–water partition coefficient (Wildman–Crippen LogP) is -0.177. The van der Waals surface area contributed by atoms with E-state index >= 15 is 0 Å². The lowest BCUT2D eigenvalue weighted by Gasteiger charge is -2.10. The first-order valence-corrected chi connectivity index (χ1v) is 5.95. The Labute approximate surface area is 106 Å². The van der Waals surface area contributed by atoms with Gasteiger partial charge in [0.2, 0.25) is 11.8 Å². The van der Waals surface area contributed by atoms with Gasteiger partial charge in [0.15, 0.2) is 0 Å². The summed E-state index contributed by atoms with van der Waals surface area (Å²) in [6, 6.07) is 6.05. The summed E-state index contributed by atoms with van der Waals surface area (Å²) in [5.41, 5.74) is 8.27. The molecule has 0 spiro atoms. The summed E-state index contributed by atoms with van der Waals surface area (Å²) in [6.07, 6.45) is 1.30. The van der Waals surface area contributed by atoms with E-state index in [1.807, 2.05) is 12.1 Å². The van der Waals surface area contributed by atoms with Crippen molar-refractivity contribution in [3.63, 3.8) is 0 Å². The van der Waals surface area contributed by atoms with Crippen LogP contribution >= 0.6 is 0 Å². The zero-order valence-corrected chi connectivity index (χ0v) is 10.4. The molecule has 0 atom stereocenters. The maximum atomic E-state index is 11.5. The highest BCUT2D eigenvalue weighted by Crippen LogP contribution is 2.28. The Morgan fingerprint density at radius 3 is 3.00 bits per heavy atom. The fourth-order valence-corrected chi connectivity index (χ4v) is 2.12. The number of fused-ring (bicyclic) bond motifs is 1. The van der Waals surface area contributed by atoms with Gasteiger partial charge in [-0.1, -0.05) is 12.1 Å². The third-order valence-corrected chi connectivity index (χ3v) is 3.11. The number of nitrogens with zero attached hydrogens (tertiary/aromatic N) is 1. The van der Waals surface area contributed by atoms with Gasteiger partial charge >= 0.3 is 0 Å². The molecule has 1 aromatic rings. The molecule has 0 aromatic heterocycles. The molecule has 1 aliphatic heterocycles. The summed E-state index contributed by atoms with van der Waals surface area (Å²) in [6.45, 7) is 0.900. The predicted molar refractivity (Wildman–Crippen MR) is 69.3 cm³/mol. The van der Waals surface area contributed by atoms with Crippen molar-refractivity contribution in [3.05, 3.63) is 29.3 Å². The number of anilines is 1. The molecule has 1 heterocycles. The fourth-order valence-electron chi connectivity index (χ4n) is 2.12. The van der Waals surface area contributed by atoms with Crippen molar-refractivity contribution >= 4 is 17.5 Å². The van der Waals surface area contributed by atoms with Crippen LogP contribution in [0.2, 0.25) is 0 Å². The summed E-state index contributed by atoms with van der Waals surface area (Å²) in [5.74, 6) is -0.217. The van der Waals surface area contributed by atoms with Crippen molar-refractivity contribution in [3.8, 4) is 0 Å². The van der Waals surface area contributed by atoms with Crippen LogP contribution in [-0.4, -0.2) is 32.0 Å². The number of nitrogens with one attached hydrogen (secondary N) is 1. The average Bonchev–Trinajstić information content (AvgIpc) is 2.60. The van der Waals surface area contributed by atoms with Crippen LogP contribution in [0.15, 0.2) is 18.2 Å². The number of hydrogen-bond acceptors (Lipinski definition) is 3. The second kappa shape index (κ2) is 5.18. The van der Waals surface area contributed by atoms with Gasteiger partial charge in [0.05, 0.1) is 13.0 Å². The molecule has 0 saturated carbocycles. The minimum absolute atomic E-state index is 0.133. The second-order valence-electron chi connectivity index (χ2n) is 4.49. The van der Waals surface area contributed by atoms with Crippen LogP contribution < -0.4 is 16.0 Å². The normalized spacial score (nSPS) is 13.8. The summed E-state index contributed by atoms with van der Waals surface area (Å²) >= 11 is 0. The third-order valence-electron chi connectivity index (χ3n) is 3.11. The molecule has 5 nitrogen and oxygen atoms in total. The van der Waals surface area contributed by atoms with Gasteiger partial charge in [0.1, 0.15) is 0 Å². The van der Waals surface area contributed by atoms with Crippen LogP contribution in [0.5, 0.6) is 0 Å². The van der Waals surface area contributed by atoms with E-state index in [0.717, 1.165) is 23.2 Å². The Hall–Kier alpha value is -1.88. The Balaban J connectivity index is 1.94. The summed E-state index contributed by atoms with van der Waals surface area (Å²) in [5, 5.41) is 2.97. The van der Waals surface area contributed by atoms with Gasteiger partial charge in [-0.25, -0.2) is 0 Å². The number of carbonyl (C=O) groups excluding carboxylic acids is 2. The number of nitrogens with two attached hydrogens (primary N) is 1. The molecule has 18 heavy (non-hydrogen) atoms. The van der Waals surface area contributed by atoms with Gasteiger partial charge in [0.25, 0.3) is 0 Å². The number of rotatable bonds is 5. The van der Waals surface area contributed by atoms with Gasteiger partial charge in [-0.05, 0) is 30.2 Å². The van der Waals surface area contributed by atoms with E-state index in [4.69, 9.17) is 5.73 Å². The lowest BCUT2D eigenvalue weighted by Crippen LogP contribution is -2.29. The molecule has 0 radical (unpaired) electrons. The van der Waals surface area contributed by atoms with Crippen molar-refractivity contribution in [2.45, 2.75) is 12.8 Å². The van der Waals surface area contributed by atoms with Gasteiger partial charge in [-0.15, -0.1) is 0 Å². The first-order chi connectivity index (χ1) is 8.58. The van der Waals surface area contributed by atoms with Crippen LogP contribution in [-0.2, 0) is 22.4 Å². The molecule has 5 heteroatoms. The molecule has 0 fully saturated rings. The lowest BCUT2D eigenvalue weighted by molar-refractivity contribution is -0.118. The Bertz CT molecular complexity index is 485. The number of hydrogen-bond donors (Lipinski definition) is 2. The number of primary amides is 1. The molecule has 1 aromatic carbocycles. The van der Waals surface area contributed by atoms with E-state index < -0.39 is 0 Å². The van der Waals surface area contributed by atoms with Crippen LogP contribution in [0.4, 0.5) is 5.69 Å². The summed E-state index contributed by atoms with van der Waals surface area (Å²) < 4.78 is 0. The molecule has 3 N–H and O–H groups in total. The number of carbonyl (C=O) groups is 2. The van der Waals surface area contributed by atoms with E-state index in [1.54, 1.807) is 11.9 Å². The number of amides is 2. The molecular weight excluding hydrogens is 230 g/mol. The van der Waals surface area contributed by atoms with E-state index in [2.05, 4.69) is 11.4 Å². The minimum Gasteiger partial charge on any atom is -0.369 e. The van der Waals surface area contributed by atoms with Crippen LogP contribution in [0.3, 0.4) is 0 Å². The maximum absolute atomic E-state index is 11.5. The number of benzene rings is 1. The van der Waals surface area contributed by atoms with E-state index in [-0.39, 0.29) is 18.4 Å². The van der Waals surface area contributed by atoms with Crippen molar-refractivity contribution < 1.29 is 9.59 Å². The highest BCUT2D eigenvalue weighted by molar-refractivity contribution is 6.00. The monoisotopic (exact) mass is 247 g/mol. The highest BCUT2D eigenvalue weighted by Gasteiger charge is 2.23. The van der Waals surface area contributed by atoms with Crippen LogP contribution in [0, 0.1) is 0 Å². The van der Waals surface area contributed by atoms with Crippen molar-refractivity contribution in [1.82, 2.24) is 5.32 Å². The molecule has 0 aliphatic carbocycles. The van der Waals surface area contributed by atoms with Crippen molar-refractivity contribution in [1.29, 1.82) is 0 Å². The average molecular weight is 247 g/mol. The first-order valence-electron chi connectivity index (χ1n) is 5.95. The molecule has 2 rings (SSSR count). The lowest BCUT2D eigenvalue weighted by atomic mass is 10.1. The van der Waals surface area contributed by atoms with E-state index in [9.17, 15) is 9.59 Å². The smallest absolute Gasteiger partial charge is 0.231 e. The third kappa shape index (κ3) is 2.68. The quantitative estimate of drug-likeness (QED) is 0.709. The van der Waals surface area contributed by atoms with Crippen LogP contribution in [0.1, 0.15) is 11.1 Å². The van der Waals surface area contributed by atoms with E-state index in [0.29, 0.717) is 13.0 Å². The molecule has 96 valence electrons. The Morgan fingerprint density at radius 1 is 1.50 bits per heavy atom. The largest absolute Gasteiger partial charge is 0.369 e. The maximum Gasteiger partial charge on any atom is 0.231 e. The van der Waals surface area contributed by atoms with Gasteiger partial charge in [-0.2, -0.15) is 0 Å². The number of likely N-dealkylation sites (N-methyl/N-ethyl adjacent to an activating group) is 1. The summed E-state index contributed by atoms with van der Waals surface area (Å²) in [7, 11) is 1.79. The molecule has 1 aliphatic rings. The zero-order chi connectivity index (χ0) is 13.1. The van der Waals surface area contributed by atoms with Crippen molar-refractivity contribution in [2.75, 3.05) is 25.0 Å². The van der Waals surface area contributed by atoms with Gasteiger partial charge < -0.3 is 16.0 Å². The summed E-state index contributed by atoms with van der Waals surface area (Å²) in [4.78, 5) is 23.8. The Kier molecular flexibility index (Phi) is 3.62. The molecule has 2 amide bonds. The second-order valence-corrected chi connectivity index (χ2v) is 4.49. The molecular formula is C13H17N3O2. The molecule has 0 saturated heterocycles. The highest BCUT2D eigenvalue weighted by atomic mass is 16.2. The molecule has 0 unspecified atom stereocenters.